The van der Waals surface area contributed by atoms with Crippen molar-refractivity contribution in [3.8, 4) is 0 Å². The van der Waals surface area contributed by atoms with E-state index in [0.717, 1.165) is 0 Å². The van der Waals surface area contributed by atoms with E-state index in [1.165, 1.54) is 59.4 Å². The van der Waals surface area contributed by atoms with E-state index in [-0.39, 0.29) is 24.8 Å². The van der Waals surface area contributed by atoms with Gasteiger partial charge >= 0.3 is 28.4 Å². The molecule has 0 N–H and O–H groups in total. The molecule has 2 aliphatic rings. The van der Waals surface area contributed by atoms with Crippen LogP contribution >= 0.6 is 0 Å². The SMILES string of the molecule is CC1=CCC(C)=C1.CC1=CCC(C)=C1.[CH2]=[Zr].[Cl-].[Cl-]. The molecule has 102 valence electrons. The van der Waals surface area contributed by atoms with E-state index in [4.69, 9.17) is 0 Å². The number of hydrogen-bond donors (Lipinski definition) is 0. The summed E-state index contributed by atoms with van der Waals surface area (Å²) in [7, 11) is 0. The van der Waals surface area contributed by atoms with Gasteiger partial charge in [-0.3, -0.25) is 0 Å². The Balaban J connectivity index is -0.000000200. The Morgan fingerprint density at radius 3 is 1.11 bits per heavy atom. The third-order valence-electron chi connectivity index (χ3n) is 2.44. The number of hydrogen-bond acceptors (Lipinski definition) is 0. The molecule has 0 atom stereocenters. The van der Waals surface area contributed by atoms with Crippen LogP contribution < -0.4 is 24.8 Å². The molecule has 0 aromatic rings. The first-order chi connectivity index (χ1) is 7.58. The summed E-state index contributed by atoms with van der Waals surface area (Å²) in [6, 6.07) is 0. The molecule has 2 rings (SSSR count). The minimum atomic E-state index is 0. The smallest absolute Gasteiger partial charge is 1.00 e. The number of rotatable bonds is 0. The van der Waals surface area contributed by atoms with Crippen LogP contribution in [0.5, 0.6) is 0 Å². The van der Waals surface area contributed by atoms with Gasteiger partial charge in [0.15, 0.2) is 0 Å². The summed E-state index contributed by atoms with van der Waals surface area (Å²) >= 11 is 1.30. The van der Waals surface area contributed by atoms with E-state index in [1.807, 2.05) is 0 Å². The molecule has 0 nitrogen and oxygen atoms in total. The summed E-state index contributed by atoms with van der Waals surface area (Å²) in [4.78, 5) is 0. The molecule has 0 aliphatic heterocycles. The summed E-state index contributed by atoms with van der Waals surface area (Å²) in [6.07, 6.45) is 11.3. The van der Waals surface area contributed by atoms with Crippen molar-refractivity contribution in [2.24, 2.45) is 0 Å². The topological polar surface area (TPSA) is 0 Å². The zero-order chi connectivity index (χ0) is 12.6. The standard InChI is InChI=1S/2C7H10.CH2.2ClH.Zr/c2*1-6-3-4-7(2)5-6;;;;/h2*3,5H,4H2,1-2H3;1H2;2*1H;/p-2. The van der Waals surface area contributed by atoms with Crippen molar-refractivity contribution in [3.63, 3.8) is 0 Å². The van der Waals surface area contributed by atoms with Crippen molar-refractivity contribution in [2.45, 2.75) is 40.5 Å². The second kappa shape index (κ2) is 13.7. The number of allylic oxidation sites excluding steroid dienone is 8. The fraction of sp³-hybridized carbons (Fsp3) is 0.400. The van der Waals surface area contributed by atoms with Crippen LogP contribution in [-0.4, -0.2) is 4.21 Å². The molecule has 0 aromatic heterocycles. The average molecular weight is 364 g/mol. The molecule has 0 spiro atoms. The first-order valence-corrected chi connectivity index (χ1v) is 7.35. The first kappa shape index (κ1) is 23.4. The Morgan fingerprint density at radius 1 is 0.778 bits per heavy atom. The van der Waals surface area contributed by atoms with Crippen LogP contribution in [0.25, 0.3) is 0 Å². The van der Waals surface area contributed by atoms with E-state index in [1.54, 1.807) is 0 Å². The molecule has 0 saturated carbocycles. The molecule has 0 aromatic carbocycles. The molecule has 0 saturated heterocycles. The molecule has 0 radical (unpaired) electrons. The molecule has 18 heavy (non-hydrogen) atoms. The summed E-state index contributed by atoms with van der Waals surface area (Å²) in [5, 5.41) is 0. The first-order valence-electron chi connectivity index (χ1n) is 5.61. The molecular weight excluding hydrogens is 342 g/mol. The van der Waals surface area contributed by atoms with Gasteiger partial charge in [0.25, 0.3) is 0 Å². The minimum Gasteiger partial charge on any atom is -1.00 e. The third kappa shape index (κ3) is 11.4. The monoisotopic (exact) mass is 362 g/mol. The van der Waals surface area contributed by atoms with Gasteiger partial charge in [-0.25, -0.2) is 0 Å². The Kier molecular flexibility index (Phi) is 17.8. The van der Waals surface area contributed by atoms with Crippen LogP contribution in [0.3, 0.4) is 0 Å². The fourth-order valence-corrected chi connectivity index (χ4v) is 1.66. The Hall–Kier alpha value is 0.293. The predicted octanol–water partition coefficient (Wildman–Crippen LogP) is -1.46. The zero-order valence-corrected chi connectivity index (χ0v) is 15.7. The maximum atomic E-state index is 3.34. The van der Waals surface area contributed by atoms with Gasteiger partial charge in [0.1, 0.15) is 0 Å². The van der Waals surface area contributed by atoms with Gasteiger partial charge in [0.05, 0.1) is 0 Å². The normalized spacial score (nSPS) is 15.1. The van der Waals surface area contributed by atoms with Gasteiger partial charge in [0.2, 0.25) is 0 Å². The van der Waals surface area contributed by atoms with E-state index < -0.39 is 0 Å². The van der Waals surface area contributed by atoms with Crippen molar-refractivity contribution in [3.05, 3.63) is 46.6 Å². The van der Waals surface area contributed by atoms with E-state index >= 15 is 0 Å². The Morgan fingerprint density at radius 2 is 1.06 bits per heavy atom. The molecule has 0 amide bonds. The van der Waals surface area contributed by atoms with Gasteiger partial charge in [-0.1, -0.05) is 46.6 Å². The van der Waals surface area contributed by atoms with Gasteiger partial charge in [-0.2, -0.15) is 0 Å². The molecule has 0 bridgehead atoms. The maximum absolute atomic E-state index is 3.34. The predicted molar refractivity (Wildman–Crippen MR) is 71.4 cm³/mol. The van der Waals surface area contributed by atoms with Gasteiger partial charge in [0, 0.05) is 0 Å². The molecular formula is C15H22Cl2Zr-2. The summed E-state index contributed by atoms with van der Waals surface area (Å²) in [5.74, 6) is 0. The second-order valence-corrected chi connectivity index (χ2v) is 4.29. The average Bonchev–Trinajstić information content (AvgIpc) is 2.80. The van der Waals surface area contributed by atoms with E-state index in [2.05, 4.69) is 56.2 Å². The molecule has 2 aliphatic carbocycles. The fourth-order valence-electron chi connectivity index (χ4n) is 1.66. The molecule has 3 heteroatoms. The summed E-state index contributed by atoms with van der Waals surface area (Å²) in [6.45, 7) is 8.59. The Labute approximate surface area is 139 Å². The zero-order valence-electron chi connectivity index (χ0n) is 11.7. The van der Waals surface area contributed by atoms with Crippen LogP contribution in [0.1, 0.15) is 40.5 Å². The Bertz CT molecular complexity index is 316. The molecule has 0 unspecified atom stereocenters. The van der Waals surface area contributed by atoms with E-state index in [0.29, 0.717) is 0 Å². The van der Waals surface area contributed by atoms with Crippen molar-refractivity contribution in [1.29, 1.82) is 0 Å². The van der Waals surface area contributed by atoms with Gasteiger partial charge in [-0.15, -0.1) is 0 Å². The molecule has 0 fully saturated rings. The van der Waals surface area contributed by atoms with Crippen molar-refractivity contribution >= 4 is 4.21 Å². The van der Waals surface area contributed by atoms with Crippen molar-refractivity contribution in [1.82, 2.24) is 0 Å². The largest absolute Gasteiger partial charge is 1.00 e. The van der Waals surface area contributed by atoms with E-state index in [9.17, 15) is 0 Å². The number of halogens is 2. The van der Waals surface area contributed by atoms with Crippen molar-refractivity contribution < 1.29 is 49.0 Å². The molecule has 0 heterocycles. The van der Waals surface area contributed by atoms with Gasteiger partial charge < -0.3 is 24.8 Å². The van der Waals surface area contributed by atoms with Gasteiger partial charge in [-0.05, 0) is 40.5 Å². The summed E-state index contributed by atoms with van der Waals surface area (Å²) in [5.41, 5.74) is 5.80. The maximum Gasteiger partial charge on any atom is -1.00 e. The van der Waals surface area contributed by atoms with Crippen LogP contribution in [-0.2, 0) is 24.2 Å². The van der Waals surface area contributed by atoms with Crippen LogP contribution in [0.2, 0.25) is 0 Å². The second-order valence-electron chi connectivity index (χ2n) is 4.29. The van der Waals surface area contributed by atoms with Crippen LogP contribution in [0.4, 0.5) is 0 Å². The quantitative estimate of drug-likeness (QED) is 0.493. The van der Waals surface area contributed by atoms with Crippen molar-refractivity contribution in [2.75, 3.05) is 0 Å². The third-order valence-corrected chi connectivity index (χ3v) is 2.44. The minimum absolute atomic E-state index is 0. The van der Waals surface area contributed by atoms with Crippen LogP contribution in [0, 0.1) is 0 Å². The van der Waals surface area contributed by atoms with Crippen LogP contribution in [0.15, 0.2) is 46.6 Å². The summed E-state index contributed by atoms with van der Waals surface area (Å²) < 4.78 is 3.34.